The molecule has 84 valence electrons. The fourth-order valence-corrected chi connectivity index (χ4v) is 1.71. The molecule has 0 heterocycles. The van der Waals surface area contributed by atoms with Crippen LogP contribution in [0.4, 0.5) is 10.1 Å². The summed E-state index contributed by atoms with van der Waals surface area (Å²) >= 11 is 0. The highest BCUT2D eigenvalue weighted by Gasteiger charge is 2.10. The SMILES string of the molecule is CCCN(C)c1cccc(F)c1CNC. The van der Waals surface area contributed by atoms with Crippen LogP contribution in [0.25, 0.3) is 0 Å². The predicted octanol–water partition coefficient (Wildman–Crippen LogP) is 2.39. The van der Waals surface area contributed by atoms with E-state index in [-0.39, 0.29) is 5.82 Å². The van der Waals surface area contributed by atoms with Gasteiger partial charge in [0, 0.05) is 31.4 Å². The van der Waals surface area contributed by atoms with Gasteiger partial charge in [0.15, 0.2) is 0 Å². The minimum absolute atomic E-state index is 0.134. The third kappa shape index (κ3) is 2.93. The Bertz CT molecular complexity index is 312. The molecule has 1 aromatic rings. The number of anilines is 1. The molecule has 0 saturated heterocycles. The van der Waals surface area contributed by atoms with Crippen LogP contribution in [0.15, 0.2) is 18.2 Å². The molecule has 3 heteroatoms. The van der Waals surface area contributed by atoms with Gasteiger partial charge in [-0.25, -0.2) is 4.39 Å². The fraction of sp³-hybridized carbons (Fsp3) is 0.500. The molecule has 0 aliphatic rings. The summed E-state index contributed by atoms with van der Waals surface area (Å²) in [5, 5.41) is 3.00. The molecule has 2 nitrogen and oxygen atoms in total. The second-order valence-electron chi connectivity index (χ2n) is 3.69. The highest BCUT2D eigenvalue weighted by molar-refractivity contribution is 5.53. The van der Waals surface area contributed by atoms with Crippen LogP contribution in [0.1, 0.15) is 18.9 Å². The van der Waals surface area contributed by atoms with Crippen molar-refractivity contribution in [3.63, 3.8) is 0 Å². The van der Waals surface area contributed by atoms with Crippen LogP contribution in [0.5, 0.6) is 0 Å². The third-order valence-corrected chi connectivity index (χ3v) is 2.42. The van der Waals surface area contributed by atoms with E-state index in [0.29, 0.717) is 6.54 Å². The quantitative estimate of drug-likeness (QED) is 0.802. The first-order valence-electron chi connectivity index (χ1n) is 5.33. The minimum Gasteiger partial charge on any atom is -0.374 e. The standard InChI is InChI=1S/C12H19FN2/c1-4-8-15(3)12-7-5-6-11(13)10(12)9-14-2/h5-7,14H,4,8-9H2,1-3H3. The molecule has 0 unspecified atom stereocenters. The molecular weight excluding hydrogens is 191 g/mol. The van der Waals surface area contributed by atoms with Gasteiger partial charge in [0.25, 0.3) is 0 Å². The summed E-state index contributed by atoms with van der Waals surface area (Å²) in [7, 11) is 3.83. The molecule has 0 bridgehead atoms. The average molecular weight is 210 g/mol. The number of nitrogens with one attached hydrogen (secondary N) is 1. The summed E-state index contributed by atoms with van der Waals surface area (Å²) in [5.74, 6) is -0.134. The van der Waals surface area contributed by atoms with Gasteiger partial charge in [0.2, 0.25) is 0 Å². The Kier molecular flexibility index (Phi) is 4.56. The third-order valence-electron chi connectivity index (χ3n) is 2.42. The minimum atomic E-state index is -0.134. The van der Waals surface area contributed by atoms with Crippen LogP contribution in [0, 0.1) is 5.82 Å². The predicted molar refractivity (Wildman–Crippen MR) is 62.7 cm³/mol. The van der Waals surface area contributed by atoms with Gasteiger partial charge in [0.1, 0.15) is 5.82 Å². The molecule has 1 N–H and O–H groups in total. The maximum Gasteiger partial charge on any atom is 0.129 e. The first-order chi connectivity index (χ1) is 7.20. The highest BCUT2D eigenvalue weighted by Crippen LogP contribution is 2.22. The first kappa shape index (κ1) is 12.0. The molecule has 0 aliphatic heterocycles. The molecule has 0 amide bonds. The van der Waals surface area contributed by atoms with Crippen molar-refractivity contribution in [3.8, 4) is 0 Å². The Hall–Kier alpha value is -1.09. The van der Waals surface area contributed by atoms with Crippen molar-refractivity contribution < 1.29 is 4.39 Å². The van der Waals surface area contributed by atoms with E-state index in [1.54, 1.807) is 6.07 Å². The lowest BCUT2D eigenvalue weighted by Crippen LogP contribution is -2.21. The maximum absolute atomic E-state index is 13.6. The van der Waals surface area contributed by atoms with Gasteiger partial charge in [-0.3, -0.25) is 0 Å². The second-order valence-corrected chi connectivity index (χ2v) is 3.69. The van der Waals surface area contributed by atoms with E-state index in [1.807, 2.05) is 20.2 Å². The number of hydrogen-bond donors (Lipinski definition) is 1. The monoisotopic (exact) mass is 210 g/mol. The number of rotatable bonds is 5. The van der Waals surface area contributed by atoms with Gasteiger partial charge in [0.05, 0.1) is 0 Å². The van der Waals surface area contributed by atoms with E-state index in [4.69, 9.17) is 0 Å². The largest absolute Gasteiger partial charge is 0.374 e. The zero-order valence-electron chi connectivity index (χ0n) is 9.68. The van der Waals surface area contributed by atoms with Crippen LogP contribution >= 0.6 is 0 Å². The Morgan fingerprint density at radius 1 is 1.40 bits per heavy atom. The van der Waals surface area contributed by atoms with E-state index in [9.17, 15) is 4.39 Å². The van der Waals surface area contributed by atoms with Crippen LogP contribution in [-0.2, 0) is 6.54 Å². The second kappa shape index (κ2) is 5.71. The summed E-state index contributed by atoms with van der Waals surface area (Å²) < 4.78 is 13.6. The smallest absolute Gasteiger partial charge is 0.129 e. The Labute approximate surface area is 91.1 Å². The van der Waals surface area contributed by atoms with Crippen molar-refractivity contribution >= 4 is 5.69 Å². The Morgan fingerprint density at radius 2 is 2.13 bits per heavy atom. The summed E-state index contributed by atoms with van der Waals surface area (Å²) in [6.45, 7) is 3.63. The molecule has 1 aromatic carbocycles. The molecular formula is C12H19FN2. The molecule has 1 rings (SSSR count). The van der Waals surface area contributed by atoms with Crippen molar-refractivity contribution in [2.45, 2.75) is 19.9 Å². The summed E-state index contributed by atoms with van der Waals surface area (Å²) in [4.78, 5) is 2.09. The van der Waals surface area contributed by atoms with Crippen molar-refractivity contribution in [1.82, 2.24) is 5.32 Å². The molecule has 0 aromatic heterocycles. The van der Waals surface area contributed by atoms with Crippen molar-refractivity contribution in [2.24, 2.45) is 0 Å². The summed E-state index contributed by atoms with van der Waals surface area (Å²) in [6, 6.07) is 5.23. The number of hydrogen-bond acceptors (Lipinski definition) is 2. The van der Waals surface area contributed by atoms with Crippen molar-refractivity contribution in [1.29, 1.82) is 0 Å². The van der Waals surface area contributed by atoms with E-state index in [0.717, 1.165) is 24.2 Å². The lowest BCUT2D eigenvalue weighted by molar-refractivity contribution is 0.599. The lowest BCUT2D eigenvalue weighted by atomic mass is 10.1. The summed E-state index contributed by atoms with van der Waals surface area (Å²) in [5.41, 5.74) is 1.72. The normalized spacial score (nSPS) is 10.4. The maximum atomic E-state index is 13.6. The number of benzene rings is 1. The zero-order valence-corrected chi connectivity index (χ0v) is 9.68. The van der Waals surface area contributed by atoms with Crippen molar-refractivity contribution in [3.05, 3.63) is 29.6 Å². The topological polar surface area (TPSA) is 15.3 Å². The molecule has 0 radical (unpaired) electrons. The lowest BCUT2D eigenvalue weighted by Gasteiger charge is -2.22. The Morgan fingerprint density at radius 3 is 2.73 bits per heavy atom. The van der Waals surface area contributed by atoms with Crippen LogP contribution in [0.3, 0.4) is 0 Å². The van der Waals surface area contributed by atoms with E-state index in [2.05, 4.69) is 17.1 Å². The molecule has 0 saturated carbocycles. The van der Waals surface area contributed by atoms with Gasteiger partial charge in [-0.05, 0) is 25.6 Å². The van der Waals surface area contributed by atoms with Crippen molar-refractivity contribution in [2.75, 3.05) is 25.5 Å². The van der Waals surface area contributed by atoms with Crippen LogP contribution in [0.2, 0.25) is 0 Å². The molecule has 0 atom stereocenters. The highest BCUT2D eigenvalue weighted by atomic mass is 19.1. The van der Waals surface area contributed by atoms with Gasteiger partial charge in [-0.1, -0.05) is 13.0 Å². The molecule has 0 aliphatic carbocycles. The Balaban J connectivity index is 2.99. The fourth-order valence-electron chi connectivity index (χ4n) is 1.71. The van der Waals surface area contributed by atoms with E-state index in [1.165, 1.54) is 6.07 Å². The van der Waals surface area contributed by atoms with E-state index >= 15 is 0 Å². The van der Waals surface area contributed by atoms with Gasteiger partial charge in [-0.15, -0.1) is 0 Å². The van der Waals surface area contributed by atoms with E-state index < -0.39 is 0 Å². The van der Waals surface area contributed by atoms with Gasteiger partial charge >= 0.3 is 0 Å². The average Bonchev–Trinajstić information content (AvgIpc) is 2.21. The molecule has 0 fully saturated rings. The summed E-state index contributed by atoms with van der Waals surface area (Å²) in [6.07, 6.45) is 1.06. The van der Waals surface area contributed by atoms with Gasteiger partial charge in [-0.2, -0.15) is 0 Å². The van der Waals surface area contributed by atoms with Crippen LogP contribution < -0.4 is 10.2 Å². The molecule has 15 heavy (non-hydrogen) atoms. The molecule has 0 spiro atoms. The first-order valence-corrected chi connectivity index (χ1v) is 5.33. The zero-order chi connectivity index (χ0) is 11.3. The van der Waals surface area contributed by atoms with Gasteiger partial charge < -0.3 is 10.2 Å². The van der Waals surface area contributed by atoms with Crippen LogP contribution in [-0.4, -0.2) is 20.6 Å². The number of nitrogens with zero attached hydrogens (tertiary/aromatic N) is 1. The number of halogens is 1.